The molecule has 0 heterocycles. The van der Waals surface area contributed by atoms with Gasteiger partial charge in [0.25, 0.3) is 0 Å². The highest BCUT2D eigenvalue weighted by atomic mass is 79.9. The maximum atomic E-state index is 11.8. The van der Waals surface area contributed by atoms with E-state index in [-0.39, 0.29) is 17.9 Å². The monoisotopic (exact) mass is 328 g/mol. The molecule has 4 nitrogen and oxygen atoms in total. The summed E-state index contributed by atoms with van der Waals surface area (Å²) in [5.41, 5.74) is 6.67. The van der Waals surface area contributed by atoms with Crippen molar-refractivity contribution >= 4 is 21.8 Å². The van der Waals surface area contributed by atoms with Crippen molar-refractivity contribution in [3.8, 4) is 0 Å². The summed E-state index contributed by atoms with van der Waals surface area (Å²) >= 11 is 3.45. The molecule has 19 heavy (non-hydrogen) atoms. The summed E-state index contributed by atoms with van der Waals surface area (Å²) in [6, 6.07) is 7.45. The molecule has 0 fully saturated rings. The van der Waals surface area contributed by atoms with E-state index < -0.39 is 6.04 Å². The number of hydrogen-bond acceptors (Lipinski definition) is 3. The van der Waals surface area contributed by atoms with Crippen LogP contribution in [0.2, 0.25) is 0 Å². The average molecular weight is 329 g/mol. The van der Waals surface area contributed by atoms with Gasteiger partial charge >= 0.3 is 0 Å². The molecule has 0 radical (unpaired) electrons. The second-order valence-electron chi connectivity index (χ2n) is 5.17. The molecule has 1 unspecified atom stereocenters. The van der Waals surface area contributed by atoms with Crippen LogP contribution in [0.15, 0.2) is 28.7 Å². The Labute approximate surface area is 122 Å². The Kier molecular flexibility index (Phi) is 5.97. The van der Waals surface area contributed by atoms with E-state index in [4.69, 9.17) is 10.5 Å². The molecular formula is C14H21BrN2O2. The SMILES string of the molecule is COCC(N)C(=O)NCC(C)(C)c1cccc(Br)c1. The molecule has 106 valence electrons. The first-order chi connectivity index (χ1) is 8.86. The maximum Gasteiger partial charge on any atom is 0.239 e. The van der Waals surface area contributed by atoms with Crippen LogP contribution < -0.4 is 11.1 Å². The van der Waals surface area contributed by atoms with Gasteiger partial charge in [-0.2, -0.15) is 0 Å². The minimum Gasteiger partial charge on any atom is -0.383 e. The lowest BCUT2D eigenvalue weighted by Gasteiger charge is -2.26. The van der Waals surface area contributed by atoms with Gasteiger partial charge in [-0.05, 0) is 17.7 Å². The van der Waals surface area contributed by atoms with Crippen molar-refractivity contribution in [3.63, 3.8) is 0 Å². The molecule has 0 aliphatic heterocycles. The van der Waals surface area contributed by atoms with Gasteiger partial charge in [-0.25, -0.2) is 0 Å². The Morgan fingerprint density at radius 3 is 2.79 bits per heavy atom. The van der Waals surface area contributed by atoms with Crippen LogP contribution in [0, 0.1) is 0 Å². The Bertz CT molecular complexity index is 435. The van der Waals surface area contributed by atoms with E-state index in [1.165, 1.54) is 7.11 Å². The lowest BCUT2D eigenvalue weighted by Crippen LogP contribution is -2.47. The summed E-state index contributed by atoms with van der Waals surface area (Å²) in [5.74, 6) is -0.190. The third-order valence-corrected chi connectivity index (χ3v) is 3.49. The highest BCUT2D eigenvalue weighted by Gasteiger charge is 2.23. The van der Waals surface area contributed by atoms with Crippen LogP contribution in [0.3, 0.4) is 0 Å². The molecule has 0 aliphatic carbocycles. The number of rotatable bonds is 6. The molecule has 0 saturated heterocycles. The van der Waals surface area contributed by atoms with Crippen molar-refractivity contribution in [2.75, 3.05) is 20.3 Å². The molecule has 1 aromatic carbocycles. The Hall–Kier alpha value is -0.910. The second-order valence-corrected chi connectivity index (χ2v) is 6.09. The minimum absolute atomic E-state index is 0.160. The highest BCUT2D eigenvalue weighted by Crippen LogP contribution is 2.24. The number of nitrogens with one attached hydrogen (secondary N) is 1. The first kappa shape index (κ1) is 16.1. The van der Waals surface area contributed by atoms with E-state index >= 15 is 0 Å². The van der Waals surface area contributed by atoms with E-state index in [2.05, 4.69) is 41.2 Å². The largest absolute Gasteiger partial charge is 0.383 e. The standard InChI is InChI=1S/C14H21BrN2O2/c1-14(2,10-5-4-6-11(15)7-10)9-17-13(18)12(16)8-19-3/h4-7,12H,8-9,16H2,1-3H3,(H,17,18). The highest BCUT2D eigenvalue weighted by molar-refractivity contribution is 9.10. The second kappa shape index (κ2) is 7.03. The molecule has 5 heteroatoms. The van der Waals surface area contributed by atoms with Gasteiger partial charge in [0, 0.05) is 23.5 Å². The minimum atomic E-state index is -0.622. The van der Waals surface area contributed by atoms with Crippen molar-refractivity contribution in [3.05, 3.63) is 34.3 Å². The van der Waals surface area contributed by atoms with Gasteiger partial charge < -0.3 is 15.8 Å². The van der Waals surface area contributed by atoms with Crippen LogP contribution >= 0.6 is 15.9 Å². The number of ether oxygens (including phenoxy) is 1. The lowest BCUT2D eigenvalue weighted by molar-refractivity contribution is -0.123. The van der Waals surface area contributed by atoms with E-state index in [0.29, 0.717) is 6.54 Å². The predicted octanol–water partition coefficient (Wildman–Crippen LogP) is 1.82. The van der Waals surface area contributed by atoms with Gasteiger partial charge in [0.2, 0.25) is 5.91 Å². The molecule has 1 rings (SSSR count). The number of carbonyl (C=O) groups is 1. The van der Waals surface area contributed by atoms with E-state index in [1.807, 2.05) is 18.2 Å². The molecule has 0 aromatic heterocycles. The number of nitrogens with two attached hydrogens (primary N) is 1. The normalized spacial score (nSPS) is 13.1. The molecule has 1 amide bonds. The Morgan fingerprint density at radius 1 is 1.53 bits per heavy atom. The summed E-state index contributed by atoms with van der Waals surface area (Å²) in [4.78, 5) is 11.8. The van der Waals surface area contributed by atoms with Crippen LogP contribution in [-0.4, -0.2) is 32.2 Å². The van der Waals surface area contributed by atoms with Crippen LogP contribution in [-0.2, 0) is 14.9 Å². The third kappa shape index (κ3) is 4.93. The number of benzene rings is 1. The van der Waals surface area contributed by atoms with Crippen molar-refractivity contribution in [2.45, 2.75) is 25.3 Å². The van der Waals surface area contributed by atoms with Crippen LogP contribution in [0.1, 0.15) is 19.4 Å². The predicted molar refractivity (Wildman–Crippen MR) is 80.0 cm³/mol. The Balaban J connectivity index is 2.63. The molecule has 0 aliphatic rings. The van der Waals surface area contributed by atoms with E-state index in [0.717, 1.165) is 10.0 Å². The first-order valence-corrected chi connectivity index (χ1v) is 6.94. The molecule has 1 aromatic rings. The van der Waals surface area contributed by atoms with Gasteiger partial charge in [0.1, 0.15) is 6.04 Å². The van der Waals surface area contributed by atoms with Crippen LogP contribution in [0.5, 0.6) is 0 Å². The maximum absolute atomic E-state index is 11.8. The summed E-state index contributed by atoms with van der Waals surface area (Å²) < 4.78 is 5.89. The van der Waals surface area contributed by atoms with Gasteiger partial charge in [-0.15, -0.1) is 0 Å². The van der Waals surface area contributed by atoms with Crippen LogP contribution in [0.4, 0.5) is 0 Å². The molecule has 0 spiro atoms. The number of hydrogen-bond donors (Lipinski definition) is 2. The zero-order valence-electron chi connectivity index (χ0n) is 11.6. The van der Waals surface area contributed by atoms with Crippen molar-refractivity contribution in [1.82, 2.24) is 5.32 Å². The Morgan fingerprint density at radius 2 is 2.21 bits per heavy atom. The average Bonchev–Trinajstić information content (AvgIpc) is 2.36. The molecule has 3 N–H and O–H groups in total. The van der Waals surface area contributed by atoms with Gasteiger partial charge in [0.15, 0.2) is 0 Å². The number of carbonyl (C=O) groups excluding carboxylic acids is 1. The van der Waals surface area contributed by atoms with E-state index in [9.17, 15) is 4.79 Å². The molecular weight excluding hydrogens is 308 g/mol. The molecule has 0 saturated carbocycles. The fraction of sp³-hybridized carbons (Fsp3) is 0.500. The first-order valence-electron chi connectivity index (χ1n) is 6.15. The summed E-state index contributed by atoms with van der Waals surface area (Å²) in [6.45, 7) is 4.91. The number of halogens is 1. The van der Waals surface area contributed by atoms with Crippen molar-refractivity contribution in [2.24, 2.45) is 5.73 Å². The summed E-state index contributed by atoms with van der Waals surface area (Å²) in [6.07, 6.45) is 0. The van der Waals surface area contributed by atoms with Crippen LogP contribution in [0.25, 0.3) is 0 Å². The zero-order chi connectivity index (χ0) is 14.5. The van der Waals surface area contributed by atoms with E-state index in [1.54, 1.807) is 0 Å². The lowest BCUT2D eigenvalue weighted by atomic mass is 9.84. The summed E-state index contributed by atoms with van der Waals surface area (Å²) in [7, 11) is 1.53. The zero-order valence-corrected chi connectivity index (χ0v) is 13.2. The molecule has 0 bridgehead atoms. The van der Waals surface area contributed by atoms with Gasteiger partial charge in [0.05, 0.1) is 6.61 Å². The fourth-order valence-electron chi connectivity index (χ4n) is 1.71. The van der Waals surface area contributed by atoms with Gasteiger partial charge in [-0.1, -0.05) is 41.9 Å². The third-order valence-electron chi connectivity index (χ3n) is 2.99. The quantitative estimate of drug-likeness (QED) is 0.837. The van der Waals surface area contributed by atoms with Gasteiger partial charge in [-0.3, -0.25) is 4.79 Å². The smallest absolute Gasteiger partial charge is 0.239 e. The number of methoxy groups -OCH3 is 1. The summed E-state index contributed by atoms with van der Waals surface area (Å²) in [5, 5.41) is 2.87. The fourth-order valence-corrected chi connectivity index (χ4v) is 2.11. The topological polar surface area (TPSA) is 64.3 Å². The van der Waals surface area contributed by atoms with Crippen molar-refractivity contribution in [1.29, 1.82) is 0 Å². The number of amides is 1. The van der Waals surface area contributed by atoms with Crippen molar-refractivity contribution < 1.29 is 9.53 Å². The molecule has 1 atom stereocenters.